The van der Waals surface area contributed by atoms with Gasteiger partial charge in [0.2, 0.25) is 0 Å². The lowest BCUT2D eigenvalue weighted by molar-refractivity contribution is -0.373. The first-order valence-electron chi connectivity index (χ1n) is 25.1. The van der Waals surface area contributed by atoms with Crippen LogP contribution in [0.25, 0.3) is 0 Å². The van der Waals surface area contributed by atoms with E-state index in [1.807, 2.05) is 6.92 Å². The highest BCUT2D eigenvalue weighted by Gasteiger charge is 2.68. The molecule has 0 radical (unpaired) electrons. The van der Waals surface area contributed by atoms with Crippen molar-refractivity contribution in [2.75, 3.05) is 26.9 Å². The molecule has 21 heteroatoms. The third kappa shape index (κ3) is 9.28. The first-order valence-corrected chi connectivity index (χ1v) is 25.1. The van der Waals surface area contributed by atoms with Crippen LogP contribution >= 0.6 is 0 Å². The van der Waals surface area contributed by atoms with Crippen LogP contribution in [-0.4, -0.2) is 212 Å². The lowest BCUT2D eigenvalue weighted by atomic mass is 9.43. The van der Waals surface area contributed by atoms with E-state index in [1.165, 1.54) is 0 Å². The minimum absolute atomic E-state index is 0.0378. The average Bonchev–Trinajstić information content (AvgIpc) is 3.88. The molecular weight excluding hydrogens is 913 g/mol. The van der Waals surface area contributed by atoms with Crippen LogP contribution in [0.15, 0.2) is 11.6 Å². The number of hydrogen-bond acceptors (Lipinski definition) is 21. The summed E-state index contributed by atoms with van der Waals surface area (Å²) in [5, 5.41) is 108. The number of fused-ring (bicyclic) bond motifs is 5. The molecule has 0 spiro atoms. The fourth-order valence-electron chi connectivity index (χ4n) is 14.4. The summed E-state index contributed by atoms with van der Waals surface area (Å²) in [6.07, 6.45) is -15.8. The van der Waals surface area contributed by atoms with Crippen molar-refractivity contribution in [3.05, 3.63) is 11.6 Å². The largest absolute Gasteiger partial charge is 0.458 e. The maximum absolute atomic E-state index is 12.6. The molecule has 9 aliphatic rings. The van der Waals surface area contributed by atoms with E-state index in [9.17, 15) is 55.9 Å². The van der Waals surface area contributed by atoms with Gasteiger partial charge in [0.15, 0.2) is 25.2 Å². The van der Waals surface area contributed by atoms with Crippen molar-refractivity contribution in [1.82, 2.24) is 0 Å². The smallest absolute Gasteiger partial charge is 0.331 e. The minimum atomic E-state index is -1.84. The zero-order chi connectivity index (χ0) is 49.5. The topological polar surface area (TPSA) is 312 Å². The van der Waals surface area contributed by atoms with E-state index in [4.69, 9.17) is 47.4 Å². The van der Waals surface area contributed by atoms with E-state index in [1.54, 1.807) is 20.1 Å². The molecule has 0 aromatic heterocycles. The van der Waals surface area contributed by atoms with Crippen LogP contribution in [0, 0.1) is 34.5 Å². The van der Waals surface area contributed by atoms with E-state index in [-0.39, 0.29) is 34.7 Å². The summed E-state index contributed by atoms with van der Waals surface area (Å²) in [6, 6.07) is 0. The number of carbonyl (C=O) groups excluding carboxylic acids is 1. The summed E-state index contributed by atoms with van der Waals surface area (Å²) in [7, 11) is 1.55. The molecule has 0 unspecified atom stereocenters. The standard InChI is InChI=1S/C48H76O21/c1-20-41(68-44-40(58)37(55)42(21(2)64-44)69-45-39(57)36(54)34(52)30(67-45)19-62-43-38(56)35(53)33(51)29(17-49)66-43)28(60-5)16-32(63-20)65-24-8-11-46(3)23(15-24)6-7-27-26(46)9-12-47(4)25(10-13-48(27,47)59)22-14-31(50)61-18-22/h14,20-21,23-30,32-45,49,51-59H,6-13,15-19H2,1-5H3/t20-,21+,23-,24+,25-,26+,27-,28+,29-,30-,32+,33-,34-,35+,36+,37+,38-,39-,40+,41-,42-,43-,44-,45+,46+,47-,48+/m1/s1. The predicted octanol–water partition coefficient (Wildman–Crippen LogP) is -1.36. The Hall–Kier alpha value is -1.55. The molecule has 4 aliphatic carbocycles. The van der Waals surface area contributed by atoms with Gasteiger partial charge in [-0.05, 0) is 106 Å². The lowest BCUT2D eigenvalue weighted by Gasteiger charge is -2.64. The number of hydrogen-bond donors (Lipinski definition) is 10. The molecule has 0 bridgehead atoms. The molecule has 21 nitrogen and oxygen atoms in total. The van der Waals surface area contributed by atoms with Crippen molar-refractivity contribution in [3.63, 3.8) is 0 Å². The SMILES string of the molecule is CO[C@H]1C[C@H](O[C@H]2CC[C@@]3(C)[C@H](CC[C@@H]4[C@@H]3CC[C@]3(C)[C@@H](C5=CC(=O)OC5)CC[C@]43O)C2)O[C@H](C)[C@H]1O[C@H]1O[C@@H](C)[C@@H](O[C@@H]2O[C@H](CO[C@@H]3O[C@H](CO)[C@@H](O)[C@H](O)[C@H]3O)[C@@H](O)[C@H](O)[C@H]2O)[C@@H](O)[C@@H]1O. The van der Waals surface area contributed by atoms with Gasteiger partial charge in [0, 0.05) is 25.0 Å². The first-order chi connectivity index (χ1) is 32.7. The molecule has 8 fully saturated rings. The summed E-state index contributed by atoms with van der Waals surface area (Å²) in [4.78, 5) is 12.0. The summed E-state index contributed by atoms with van der Waals surface area (Å²) >= 11 is 0. The first kappa shape index (κ1) is 52.3. The number of aliphatic hydroxyl groups excluding tert-OH is 9. The van der Waals surface area contributed by atoms with Gasteiger partial charge in [0.25, 0.3) is 0 Å². The molecular formula is C48H76O21. The van der Waals surface area contributed by atoms with Crippen LogP contribution in [0.4, 0.5) is 0 Å². The average molecular weight is 989 g/mol. The highest BCUT2D eigenvalue weighted by atomic mass is 16.8. The fourth-order valence-corrected chi connectivity index (χ4v) is 14.4. The third-order valence-corrected chi connectivity index (χ3v) is 18.5. The van der Waals surface area contributed by atoms with Crippen molar-refractivity contribution < 1.29 is 103 Å². The summed E-state index contributed by atoms with van der Waals surface area (Å²) in [5.41, 5.74) is 0.0310. The summed E-state index contributed by atoms with van der Waals surface area (Å²) in [5.74, 6) is 0.904. The minimum Gasteiger partial charge on any atom is -0.458 e. The lowest BCUT2D eigenvalue weighted by Crippen LogP contribution is -2.65. The third-order valence-electron chi connectivity index (χ3n) is 18.5. The van der Waals surface area contributed by atoms with Crippen LogP contribution in [0.1, 0.15) is 91.9 Å². The van der Waals surface area contributed by atoms with E-state index < -0.39 is 136 Å². The molecule has 5 heterocycles. The van der Waals surface area contributed by atoms with Crippen LogP contribution in [-0.2, 0) is 52.2 Å². The molecule has 4 saturated heterocycles. The predicted molar refractivity (Wildman–Crippen MR) is 233 cm³/mol. The second kappa shape index (κ2) is 20.3. The highest BCUT2D eigenvalue weighted by molar-refractivity contribution is 5.85. The van der Waals surface area contributed by atoms with Gasteiger partial charge < -0.3 is 98.4 Å². The Bertz CT molecular complexity index is 1820. The molecule has 0 amide bonds. The van der Waals surface area contributed by atoms with Crippen molar-refractivity contribution in [2.45, 2.75) is 220 Å². The zero-order valence-electron chi connectivity index (χ0n) is 40.1. The Morgan fingerprint density at radius 3 is 2.01 bits per heavy atom. The molecule has 0 aromatic carbocycles. The Morgan fingerprint density at radius 2 is 1.32 bits per heavy atom. The molecule has 10 N–H and O–H groups in total. The van der Waals surface area contributed by atoms with Crippen LogP contribution in [0.3, 0.4) is 0 Å². The normalized spacial score (nSPS) is 54.5. The van der Waals surface area contributed by atoms with Gasteiger partial charge in [-0.15, -0.1) is 0 Å². The Balaban J connectivity index is 0.767. The molecule has 0 aromatic rings. The zero-order valence-corrected chi connectivity index (χ0v) is 40.1. The summed E-state index contributed by atoms with van der Waals surface area (Å²) < 4.78 is 59.2. The highest BCUT2D eigenvalue weighted by Crippen LogP contribution is 2.70. The number of cyclic esters (lactones) is 1. The van der Waals surface area contributed by atoms with Crippen molar-refractivity contribution >= 4 is 5.97 Å². The molecule has 69 heavy (non-hydrogen) atoms. The van der Waals surface area contributed by atoms with E-state index in [0.717, 1.165) is 63.4 Å². The Kier molecular flexibility index (Phi) is 15.4. The van der Waals surface area contributed by atoms with Gasteiger partial charge in [-0.25, -0.2) is 4.79 Å². The maximum Gasteiger partial charge on any atom is 0.331 e. The van der Waals surface area contributed by atoms with Crippen LogP contribution < -0.4 is 0 Å². The number of rotatable bonds is 12. The molecule has 394 valence electrons. The molecule has 4 saturated carbocycles. The van der Waals surface area contributed by atoms with Crippen LogP contribution in [0.5, 0.6) is 0 Å². The van der Waals surface area contributed by atoms with Gasteiger partial charge in [-0.2, -0.15) is 0 Å². The van der Waals surface area contributed by atoms with Gasteiger partial charge in [-0.3, -0.25) is 0 Å². The molecule has 9 rings (SSSR count). The van der Waals surface area contributed by atoms with Crippen molar-refractivity contribution in [2.24, 2.45) is 34.5 Å². The van der Waals surface area contributed by atoms with Crippen molar-refractivity contribution in [1.29, 1.82) is 0 Å². The van der Waals surface area contributed by atoms with E-state index in [2.05, 4.69) is 13.8 Å². The molecule has 27 atom stereocenters. The van der Waals surface area contributed by atoms with Gasteiger partial charge in [0.05, 0.1) is 43.2 Å². The Morgan fingerprint density at radius 1 is 0.667 bits per heavy atom. The maximum atomic E-state index is 12.6. The number of ether oxygens (including phenoxy) is 10. The number of aliphatic hydroxyl groups is 10. The van der Waals surface area contributed by atoms with E-state index >= 15 is 0 Å². The van der Waals surface area contributed by atoms with E-state index in [0.29, 0.717) is 24.9 Å². The van der Waals surface area contributed by atoms with Crippen molar-refractivity contribution in [3.8, 4) is 0 Å². The summed E-state index contributed by atoms with van der Waals surface area (Å²) in [6.45, 7) is 7.08. The van der Waals surface area contributed by atoms with Crippen LogP contribution in [0.2, 0.25) is 0 Å². The second-order valence-electron chi connectivity index (χ2n) is 22.0. The van der Waals surface area contributed by atoms with Gasteiger partial charge in [0.1, 0.15) is 79.9 Å². The van der Waals surface area contributed by atoms with Gasteiger partial charge >= 0.3 is 5.97 Å². The fraction of sp³-hybridized carbons (Fsp3) is 0.938. The number of esters is 1. The molecule has 5 aliphatic heterocycles. The monoisotopic (exact) mass is 988 g/mol. The second-order valence-corrected chi connectivity index (χ2v) is 22.0. The number of methoxy groups -OCH3 is 1. The van der Waals surface area contributed by atoms with Gasteiger partial charge in [-0.1, -0.05) is 13.8 Å². The quantitative estimate of drug-likeness (QED) is 0.0798. The Labute approximate surface area is 401 Å². The number of carbonyl (C=O) groups is 1.